The van der Waals surface area contributed by atoms with E-state index in [0.29, 0.717) is 40.9 Å². The number of rotatable bonds is 5. The first kappa shape index (κ1) is 20.1. The van der Waals surface area contributed by atoms with E-state index in [4.69, 9.17) is 0 Å². The van der Waals surface area contributed by atoms with Crippen molar-refractivity contribution in [2.24, 2.45) is 0 Å². The van der Waals surface area contributed by atoms with Gasteiger partial charge in [-0.2, -0.15) is 4.31 Å². The van der Waals surface area contributed by atoms with Crippen LogP contribution in [0.1, 0.15) is 36.2 Å². The zero-order chi connectivity index (χ0) is 20.6. The summed E-state index contributed by atoms with van der Waals surface area (Å²) >= 11 is 1.43. The fourth-order valence-corrected chi connectivity index (χ4v) is 6.27. The molecule has 1 aliphatic heterocycles. The monoisotopic (exact) mass is 432 g/mol. The molecule has 0 aliphatic carbocycles. The van der Waals surface area contributed by atoms with E-state index in [-0.39, 0.29) is 5.56 Å². The molecule has 1 aliphatic rings. The van der Waals surface area contributed by atoms with Gasteiger partial charge in [0.1, 0.15) is 0 Å². The summed E-state index contributed by atoms with van der Waals surface area (Å²) in [5.41, 5.74) is 2.80. The van der Waals surface area contributed by atoms with Crippen LogP contribution in [0.4, 0.5) is 5.69 Å². The van der Waals surface area contributed by atoms with Gasteiger partial charge in [0.25, 0.3) is 5.56 Å². The molecule has 1 saturated heterocycles. The summed E-state index contributed by atoms with van der Waals surface area (Å²) in [6.07, 6.45) is 2.89. The third kappa shape index (κ3) is 3.94. The molecule has 1 fully saturated rings. The highest BCUT2D eigenvalue weighted by atomic mass is 32.2. The van der Waals surface area contributed by atoms with Crippen LogP contribution in [0.25, 0.3) is 4.96 Å². The average Bonchev–Trinajstić information content (AvgIpc) is 3.09. The number of piperidine rings is 1. The summed E-state index contributed by atoms with van der Waals surface area (Å²) in [6.45, 7) is 5.19. The van der Waals surface area contributed by atoms with Crippen LogP contribution in [0.3, 0.4) is 0 Å². The van der Waals surface area contributed by atoms with Gasteiger partial charge in [0, 0.05) is 35.9 Å². The van der Waals surface area contributed by atoms with E-state index in [1.807, 2.05) is 31.4 Å². The third-order valence-corrected chi connectivity index (χ3v) is 8.21. The molecule has 7 nitrogen and oxygen atoms in total. The lowest BCUT2D eigenvalue weighted by Gasteiger charge is -2.26. The molecule has 0 unspecified atom stereocenters. The van der Waals surface area contributed by atoms with Crippen LogP contribution >= 0.6 is 11.3 Å². The molecule has 29 heavy (non-hydrogen) atoms. The lowest BCUT2D eigenvalue weighted by atomic mass is 10.2. The second-order valence-corrected chi connectivity index (χ2v) is 10.1. The minimum Gasteiger partial charge on any atom is -0.379 e. The van der Waals surface area contributed by atoms with Crippen molar-refractivity contribution in [3.8, 4) is 0 Å². The van der Waals surface area contributed by atoms with Gasteiger partial charge in [0.15, 0.2) is 4.96 Å². The van der Waals surface area contributed by atoms with Crippen molar-refractivity contribution in [1.82, 2.24) is 13.7 Å². The van der Waals surface area contributed by atoms with Crippen LogP contribution in [0.2, 0.25) is 0 Å². The van der Waals surface area contributed by atoms with Crippen LogP contribution in [0.5, 0.6) is 0 Å². The molecule has 1 N–H and O–H groups in total. The highest BCUT2D eigenvalue weighted by Gasteiger charge is 2.27. The largest absolute Gasteiger partial charge is 0.379 e. The Morgan fingerprint density at radius 1 is 1.14 bits per heavy atom. The predicted octanol–water partition coefficient (Wildman–Crippen LogP) is 3.16. The van der Waals surface area contributed by atoms with Gasteiger partial charge in [-0.05, 0) is 44.4 Å². The number of hydrogen-bond donors (Lipinski definition) is 1. The van der Waals surface area contributed by atoms with Crippen LogP contribution in [-0.2, 0) is 16.6 Å². The third-order valence-electron chi connectivity index (χ3n) is 5.22. The molecule has 4 rings (SSSR count). The topological polar surface area (TPSA) is 83.8 Å². The first-order valence-corrected chi connectivity index (χ1v) is 12.0. The predicted molar refractivity (Wildman–Crippen MR) is 115 cm³/mol. The van der Waals surface area contributed by atoms with Crippen molar-refractivity contribution in [3.05, 3.63) is 57.0 Å². The molecule has 0 bridgehead atoms. The number of aromatic nitrogens is 2. The van der Waals surface area contributed by atoms with Gasteiger partial charge >= 0.3 is 0 Å². The lowest BCUT2D eigenvalue weighted by molar-refractivity contribution is 0.346. The van der Waals surface area contributed by atoms with Crippen molar-refractivity contribution >= 4 is 32.0 Å². The van der Waals surface area contributed by atoms with Crippen LogP contribution < -0.4 is 10.9 Å². The molecule has 0 spiro atoms. The summed E-state index contributed by atoms with van der Waals surface area (Å²) in [5.74, 6) is 0. The Morgan fingerprint density at radius 3 is 2.66 bits per heavy atom. The van der Waals surface area contributed by atoms with E-state index in [1.54, 1.807) is 14.8 Å². The highest BCUT2D eigenvalue weighted by Crippen LogP contribution is 2.26. The summed E-state index contributed by atoms with van der Waals surface area (Å²) in [5, 5.41) is 5.11. The smallest absolute Gasteiger partial charge is 0.259 e. The maximum absolute atomic E-state index is 13.1. The molecule has 3 heterocycles. The van der Waals surface area contributed by atoms with E-state index in [0.717, 1.165) is 30.5 Å². The Hall–Kier alpha value is -2.23. The van der Waals surface area contributed by atoms with Gasteiger partial charge in [-0.15, -0.1) is 11.3 Å². The second kappa shape index (κ2) is 7.89. The average molecular weight is 433 g/mol. The summed E-state index contributed by atoms with van der Waals surface area (Å²) in [4.78, 5) is 17.8. The normalized spacial score (nSPS) is 15.7. The molecule has 0 radical (unpaired) electrons. The number of fused-ring (bicyclic) bond motifs is 1. The first-order valence-electron chi connectivity index (χ1n) is 9.68. The quantitative estimate of drug-likeness (QED) is 0.670. The molecular formula is C20H24N4O3S2. The van der Waals surface area contributed by atoms with Gasteiger partial charge in [0.05, 0.1) is 17.1 Å². The number of sulfonamides is 1. The van der Waals surface area contributed by atoms with E-state index >= 15 is 0 Å². The highest BCUT2D eigenvalue weighted by molar-refractivity contribution is 7.89. The number of aryl methyl sites for hydroxylation is 2. The van der Waals surface area contributed by atoms with Gasteiger partial charge in [-0.25, -0.2) is 13.4 Å². The lowest BCUT2D eigenvalue weighted by Crippen LogP contribution is -2.36. The maximum Gasteiger partial charge on any atom is 0.259 e. The molecule has 0 saturated carbocycles. The van der Waals surface area contributed by atoms with Crippen molar-refractivity contribution in [2.45, 2.75) is 44.6 Å². The van der Waals surface area contributed by atoms with Gasteiger partial charge in [0.2, 0.25) is 10.0 Å². The summed E-state index contributed by atoms with van der Waals surface area (Å²) in [6, 6.07) is 6.86. The summed E-state index contributed by atoms with van der Waals surface area (Å²) < 4.78 is 29.3. The number of thiazole rings is 1. The Morgan fingerprint density at radius 2 is 1.90 bits per heavy atom. The molecule has 2 aromatic heterocycles. The molecule has 1 aromatic carbocycles. The Balaban J connectivity index is 1.57. The van der Waals surface area contributed by atoms with Crippen LogP contribution in [0.15, 0.2) is 39.3 Å². The molecule has 0 amide bonds. The molecule has 9 heteroatoms. The molecule has 0 atom stereocenters. The number of nitrogens with zero attached hydrogens (tertiary/aromatic N) is 3. The number of anilines is 1. The van der Waals surface area contributed by atoms with Gasteiger partial charge < -0.3 is 5.32 Å². The minimum absolute atomic E-state index is 0.108. The molecular weight excluding hydrogens is 408 g/mol. The standard InChI is InChI=1S/C20H24N4O3S2/c1-14-6-7-16(10-18(14)29(26,27)23-8-4-3-5-9-23)21-12-17-11-19(25)24-15(2)13-28-20(24)22-17/h6-7,10-11,13,21H,3-5,8-9,12H2,1-2H3. The second-order valence-electron chi connectivity index (χ2n) is 7.38. The van der Waals surface area contributed by atoms with Gasteiger partial charge in [-0.3, -0.25) is 9.20 Å². The van der Waals surface area contributed by atoms with Crippen molar-refractivity contribution in [1.29, 1.82) is 0 Å². The zero-order valence-electron chi connectivity index (χ0n) is 16.5. The van der Waals surface area contributed by atoms with E-state index < -0.39 is 10.0 Å². The minimum atomic E-state index is -3.50. The molecule has 154 valence electrons. The fraction of sp³-hybridized carbons (Fsp3) is 0.400. The van der Waals surface area contributed by atoms with E-state index in [2.05, 4.69) is 10.3 Å². The number of hydrogen-bond acceptors (Lipinski definition) is 6. The van der Waals surface area contributed by atoms with Gasteiger partial charge in [-0.1, -0.05) is 12.5 Å². The van der Waals surface area contributed by atoms with Crippen LogP contribution in [0, 0.1) is 13.8 Å². The molecule has 3 aromatic rings. The Labute approximate surface area is 174 Å². The number of nitrogens with one attached hydrogen (secondary N) is 1. The van der Waals surface area contributed by atoms with Crippen molar-refractivity contribution in [2.75, 3.05) is 18.4 Å². The zero-order valence-corrected chi connectivity index (χ0v) is 18.1. The van der Waals surface area contributed by atoms with Crippen molar-refractivity contribution in [3.63, 3.8) is 0 Å². The SMILES string of the molecule is Cc1ccc(NCc2cc(=O)n3c(C)csc3n2)cc1S(=O)(=O)N1CCCCC1. The van der Waals surface area contributed by atoms with E-state index in [9.17, 15) is 13.2 Å². The fourth-order valence-electron chi connectivity index (χ4n) is 3.62. The van der Waals surface area contributed by atoms with Crippen molar-refractivity contribution < 1.29 is 8.42 Å². The Kier molecular flexibility index (Phi) is 5.46. The summed E-state index contributed by atoms with van der Waals surface area (Å²) in [7, 11) is -3.50. The Bertz CT molecular complexity index is 1210. The maximum atomic E-state index is 13.1. The number of benzene rings is 1. The van der Waals surface area contributed by atoms with Crippen LogP contribution in [-0.4, -0.2) is 35.2 Å². The first-order chi connectivity index (χ1) is 13.9. The van der Waals surface area contributed by atoms with E-state index in [1.165, 1.54) is 17.4 Å².